The van der Waals surface area contributed by atoms with Crippen molar-refractivity contribution in [3.8, 4) is 0 Å². The number of nitrogens with one attached hydrogen (secondary N) is 3. The molecule has 0 saturated heterocycles. The third kappa shape index (κ3) is 7.15. The normalized spacial score (nSPS) is 10.8. The van der Waals surface area contributed by atoms with Gasteiger partial charge in [-0.1, -0.05) is 17.7 Å². The van der Waals surface area contributed by atoms with Gasteiger partial charge in [0.25, 0.3) is 0 Å². The highest BCUT2D eigenvalue weighted by molar-refractivity contribution is 14.0. The molecule has 1 heterocycles. The molecule has 0 unspecified atom stereocenters. The number of halogens is 5. The van der Waals surface area contributed by atoms with Crippen molar-refractivity contribution in [1.82, 2.24) is 15.6 Å². The summed E-state index contributed by atoms with van der Waals surface area (Å²) < 4.78 is 39.6. The van der Waals surface area contributed by atoms with Gasteiger partial charge < -0.3 is 16.0 Å². The highest BCUT2D eigenvalue weighted by Crippen LogP contribution is 2.19. The molecule has 6 nitrogen and oxygen atoms in total. The zero-order valence-corrected chi connectivity index (χ0v) is 17.8. The maximum Gasteiger partial charge on any atom is 0.243 e. The minimum absolute atomic E-state index is 0. The molecule has 1 amide bonds. The second kappa shape index (κ2) is 11.7. The lowest BCUT2D eigenvalue weighted by molar-refractivity contribution is -0.115. The summed E-state index contributed by atoms with van der Waals surface area (Å²) in [7, 11) is 1.52. The molecule has 0 bridgehead atoms. The van der Waals surface area contributed by atoms with Gasteiger partial charge >= 0.3 is 0 Å². The van der Waals surface area contributed by atoms with Gasteiger partial charge in [-0.05, 0) is 30.2 Å². The van der Waals surface area contributed by atoms with Crippen molar-refractivity contribution >= 4 is 53.1 Å². The van der Waals surface area contributed by atoms with Gasteiger partial charge in [-0.15, -0.1) is 24.0 Å². The van der Waals surface area contributed by atoms with E-state index in [0.29, 0.717) is 24.1 Å². The number of nitrogens with zero attached hydrogens (tertiary/aromatic N) is 2. The van der Waals surface area contributed by atoms with Crippen LogP contribution in [0.1, 0.15) is 5.56 Å². The SMILES string of the molecule is CN=C(NCCc1ccc(Cl)nc1)NCC(=O)Nc1ccc(F)c(F)c1F.I. The zero-order valence-electron chi connectivity index (χ0n) is 14.7. The average Bonchev–Trinajstić information content (AvgIpc) is 2.66. The van der Waals surface area contributed by atoms with Crippen LogP contribution in [-0.4, -0.2) is 37.0 Å². The predicted octanol–water partition coefficient (Wildman–Crippen LogP) is 3.12. The number of hydrogen-bond donors (Lipinski definition) is 3. The van der Waals surface area contributed by atoms with E-state index in [4.69, 9.17) is 11.6 Å². The van der Waals surface area contributed by atoms with E-state index < -0.39 is 29.0 Å². The summed E-state index contributed by atoms with van der Waals surface area (Å²) >= 11 is 5.72. The first-order chi connectivity index (χ1) is 12.9. The molecule has 1 aromatic heterocycles. The second-order valence-electron chi connectivity index (χ2n) is 5.36. The predicted molar refractivity (Wildman–Crippen MR) is 113 cm³/mol. The van der Waals surface area contributed by atoms with Crippen molar-refractivity contribution in [2.75, 3.05) is 25.5 Å². The second-order valence-corrected chi connectivity index (χ2v) is 5.75. The molecular formula is C17H18ClF3IN5O. The molecule has 0 spiro atoms. The van der Waals surface area contributed by atoms with Gasteiger partial charge in [-0.2, -0.15) is 0 Å². The van der Waals surface area contributed by atoms with E-state index >= 15 is 0 Å². The third-order valence-electron chi connectivity index (χ3n) is 3.44. The molecule has 3 N–H and O–H groups in total. The highest BCUT2D eigenvalue weighted by Gasteiger charge is 2.15. The summed E-state index contributed by atoms with van der Waals surface area (Å²) in [6.45, 7) is 0.267. The van der Waals surface area contributed by atoms with Crippen LogP contribution in [0.15, 0.2) is 35.5 Å². The Kier molecular flexibility index (Phi) is 10.0. The molecule has 1 aromatic carbocycles. The molecule has 152 valence electrons. The zero-order chi connectivity index (χ0) is 19.8. The molecule has 28 heavy (non-hydrogen) atoms. The van der Waals surface area contributed by atoms with Crippen LogP contribution in [0, 0.1) is 17.5 Å². The van der Waals surface area contributed by atoms with Crippen molar-refractivity contribution in [3.05, 3.63) is 58.6 Å². The van der Waals surface area contributed by atoms with Crippen molar-refractivity contribution in [3.63, 3.8) is 0 Å². The van der Waals surface area contributed by atoms with Crippen LogP contribution in [0.25, 0.3) is 0 Å². The van der Waals surface area contributed by atoms with Crippen LogP contribution in [0.5, 0.6) is 0 Å². The fourth-order valence-corrected chi connectivity index (χ4v) is 2.19. The van der Waals surface area contributed by atoms with Crippen LogP contribution in [0.3, 0.4) is 0 Å². The Morgan fingerprint density at radius 3 is 2.54 bits per heavy atom. The Morgan fingerprint density at radius 1 is 1.14 bits per heavy atom. The smallest absolute Gasteiger partial charge is 0.243 e. The van der Waals surface area contributed by atoms with Crippen molar-refractivity contribution in [2.24, 2.45) is 4.99 Å². The van der Waals surface area contributed by atoms with Gasteiger partial charge in [-0.25, -0.2) is 18.2 Å². The van der Waals surface area contributed by atoms with Gasteiger partial charge in [0.15, 0.2) is 23.4 Å². The molecule has 2 rings (SSSR count). The Balaban J connectivity index is 0.00000392. The maximum atomic E-state index is 13.5. The van der Waals surface area contributed by atoms with E-state index in [1.807, 2.05) is 6.07 Å². The lowest BCUT2D eigenvalue weighted by Gasteiger charge is -2.12. The first-order valence-corrected chi connectivity index (χ1v) is 8.26. The van der Waals surface area contributed by atoms with Crippen LogP contribution >= 0.6 is 35.6 Å². The molecule has 0 aliphatic rings. The highest BCUT2D eigenvalue weighted by atomic mass is 127. The van der Waals surface area contributed by atoms with Gasteiger partial charge in [0.2, 0.25) is 5.91 Å². The number of anilines is 1. The lowest BCUT2D eigenvalue weighted by Crippen LogP contribution is -2.42. The largest absolute Gasteiger partial charge is 0.356 e. The number of hydrogen-bond acceptors (Lipinski definition) is 3. The molecule has 11 heteroatoms. The number of guanidine groups is 1. The summed E-state index contributed by atoms with van der Waals surface area (Å²) in [5.41, 5.74) is 0.521. The molecule has 2 aromatic rings. The third-order valence-corrected chi connectivity index (χ3v) is 3.67. The monoisotopic (exact) mass is 527 g/mol. The minimum Gasteiger partial charge on any atom is -0.356 e. The molecule has 0 aliphatic carbocycles. The number of carbonyl (C=O) groups is 1. The van der Waals surface area contributed by atoms with Crippen LogP contribution < -0.4 is 16.0 Å². The van der Waals surface area contributed by atoms with E-state index in [9.17, 15) is 18.0 Å². The fraction of sp³-hybridized carbons (Fsp3) is 0.235. The van der Waals surface area contributed by atoms with E-state index in [-0.39, 0.29) is 30.5 Å². The number of rotatable bonds is 6. The summed E-state index contributed by atoms with van der Waals surface area (Å²) in [6, 6.07) is 5.20. The summed E-state index contributed by atoms with van der Waals surface area (Å²) in [5.74, 6) is -4.73. The van der Waals surface area contributed by atoms with Crippen LogP contribution in [0.2, 0.25) is 5.15 Å². The quantitative estimate of drug-likeness (QED) is 0.177. The molecular weight excluding hydrogens is 510 g/mol. The number of benzene rings is 1. The first kappa shape index (κ1) is 24.0. The molecule has 0 radical (unpaired) electrons. The van der Waals surface area contributed by atoms with E-state index in [2.05, 4.69) is 25.9 Å². The van der Waals surface area contributed by atoms with Gasteiger partial charge in [0, 0.05) is 19.8 Å². The molecule has 0 fully saturated rings. The van der Waals surface area contributed by atoms with E-state index in [0.717, 1.165) is 17.7 Å². The minimum atomic E-state index is -1.64. The van der Waals surface area contributed by atoms with E-state index in [1.54, 1.807) is 12.3 Å². The van der Waals surface area contributed by atoms with Gasteiger partial charge in [-0.3, -0.25) is 9.79 Å². The Bertz CT molecular complexity index is 836. The van der Waals surface area contributed by atoms with Gasteiger partial charge in [0.05, 0.1) is 12.2 Å². The number of amides is 1. The van der Waals surface area contributed by atoms with E-state index in [1.165, 1.54) is 7.05 Å². The summed E-state index contributed by atoms with van der Waals surface area (Å²) in [4.78, 5) is 19.8. The van der Waals surface area contributed by atoms with Gasteiger partial charge in [0.1, 0.15) is 5.15 Å². The number of aliphatic imine (C=N–C) groups is 1. The maximum absolute atomic E-state index is 13.5. The molecule has 0 atom stereocenters. The molecule has 0 saturated carbocycles. The number of pyridine rings is 1. The van der Waals surface area contributed by atoms with Crippen LogP contribution in [0.4, 0.5) is 18.9 Å². The average molecular weight is 528 g/mol. The fourth-order valence-electron chi connectivity index (χ4n) is 2.08. The number of aromatic nitrogens is 1. The standard InChI is InChI=1S/C17H17ClF3N5O.HI/c1-22-17(23-7-6-10-2-5-13(18)24-8-10)25-9-14(27)26-12-4-3-11(19)15(20)16(12)21;/h2-5,8H,6-7,9H2,1H3,(H,26,27)(H2,22,23,25);1H. The summed E-state index contributed by atoms with van der Waals surface area (Å²) in [6.07, 6.45) is 2.31. The molecule has 0 aliphatic heterocycles. The lowest BCUT2D eigenvalue weighted by atomic mass is 10.2. The summed E-state index contributed by atoms with van der Waals surface area (Å²) in [5, 5.41) is 8.29. The van der Waals surface area contributed by atoms with Crippen molar-refractivity contribution < 1.29 is 18.0 Å². The Hall–Kier alpha value is -2.08. The van der Waals surface area contributed by atoms with Crippen molar-refractivity contribution in [2.45, 2.75) is 6.42 Å². The first-order valence-electron chi connectivity index (χ1n) is 7.89. The Morgan fingerprint density at radius 2 is 1.89 bits per heavy atom. The Labute approximate surface area is 182 Å². The topological polar surface area (TPSA) is 78.4 Å². The number of carbonyl (C=O) groups excluding carboxylic acids is 1. The van der Waals surface area contributed by atoms with Crippen molar-refractivity contribution in [1.29, 1.82) is 0 Å². The van der Waals surface area contributed by atoms with Crippen LogP contribution in [-0.2, 0) is 11.2 Å².